The number of carbonyl (C=O) groups excluding carboxylic acids is 1. The molecule has 8 nitrogen and oxygen atoms in total. The Hall–Kier alpha value is -3.03. The third-order valence-electron chi connectivity index (χ3n) is 6.00. The van der Waals surface area contributed by atoms with Crippen LogP contribution in [-0.4, -0.2) is 51.5 Å². The minimum absolute atomic E-state index is 0.0752. The van der Waals surface area contributed by atoms with Crippen molar-refractivity contribution in [3.63, 3.8) is 0 Å². The first-order valence-electron chi connectivity index (χ1n) is 11.3. The summed E-state index contributed by atoms with van der Waals surface area (Å²) in [7, 11) is 3.57. The Morgan fingerprint density at radius 2 is 2.00 bits per heavy atom. The van der Waals surface area contributed by atoms with E-state index < -0.39 is 5.97 Å². The van der Waals surface area contributed by atoms with Crippen molar-refractivity contribution in [3.8, 4) is 16.9 Å². The van der Waals surface area contributed by atoms with Gasteiger partial charge in [0.25, 0.3) is 0 Å². The fourth-order valence-corrected chi connectivity index (χ4v) is 3.98. The largest absolute Gasteiger partial charge is 0.490 e. The maximum atomic E-state index is 12.2. The first-order chi connectivity index (χ1) is 15.4. The number of hydrogen-bond donors (Lipinski definition) is 1. The Labute approximate surface area is 189 Å². The summed E-state index contributed by atoms with van der Waals surface area (Å²) in [5.41, 5.74) is 2.65. The molecule has 1 N–H and O–H groups in total. The highest BCUT2D eigenvalue weighted by molar-refractivity contribution is 5.70. The number of aromatic nitrogens is 2. The number of carboxylic acid groups (broad SMARTS) is 1. The molecule has 1 aliphatic carbocycles. The zero-order chi connectivity index (χ0) is 23.1. The van der Waals surface area contributed by atoms with Gasteiger partial charge in [0, 0.05) is 26.2 Å². The number of rotatable bonds is 9. The Morgan fingerprint density at radius 3 is 2.69 bits per heavy atom. The number of amides is 1. The Kier molecular flexibility index (Phi) is 8.14. The Balaban J connectivity index is 1.62. The van der Waals surface area contributed by atoms with Crippen LogP contribution in [0.3, 0.4) is 0 Å². The summed E-state index contributed by atoms with van der Waals surface area (Å²) in [5.74, 6) is -0.344. The fraction of sp³-hybridized carbons (Fsp3) is 0.542. The molecule has 0 unspecified atom stereocenters. The predicted octanol–water partition coefficient (Wildman–Crippen LogP) is 4.48. The molecule has 1 aliphatic rings. The van der Waals surface area contributed by atoms with E-state index in [1.54, 1.807) is 22.8 Å². The molecule has 0 aliphatic heterocycles. The van der Waals surface area contributed by atoms with Gasteiger partial charge in [-0.3, -0.25) is 9.48 Å². The monoisotopic (exact) mass is 443 g/mol. The number of ether oxygens (including phenoxy) is 2. The molecule has 1 fully saturated rings. The highest BCUT2D eigenvalue weighted by Gasteiger charge is 2.28. The summed E-state index contributed by atoms with van der Waals surface area (Å²) >= 11 is 0. The number of unbranched alkanes of at least 4 members (excludes halogenated alkanes) is 1. The van der Waals surface area contributed by atoms with E-state index in [1.165, 1.54) is 0 Å². The fourth-order valence-electron chi connectivity index (χ4n) is 3.98. The normalized spacial score (nSPS) is 18.2. The van der Waals surface area contributed by atoms with Crippen molar-refractivity contribution in [2.75, 3.05) is 13.6 Å². The Bertz CT molecular complexity index is 909. The van der Waals surface area contributed by atoms with Crippen molar-refractivity contribution in [2.24, 2.45) is 13.0 Å². The van der Waals surface area contributed by atoms with Crippen LogP contribution in [0, 0.1) is 5.92 Å². The van der Waals surface area contributed by atoms with Crippen molar-refractivity contribution >= 4 is 12.1 Å². The standard InChI is InChI=1S/C24H33N3O5/c1-4-5-13-26(2)24(30)31-16-22-21(15-25-27(22)3)17-9-11-19(12-10-17)32-20-8-6-7-18(14-20)23(28)29/h9-12,15,18,20H,4-8,13-14,16H2,1-3H3,(H,28,29)/t18-,20-/m0/s1. The average molecular weight is 444 g/mol. The topological polar surface area (TPSA) is 93.9 Å². The molecule has 8 heteroatoms. The summed E-state index contributed by atoms with van der Waals surface area (Å²) in [6.45, 7) is 2.89. The third kappa shape index (κ3) is 6.02. The van der Waals surface area contributed by atoms with Gasteiger partial charge in [0.1, 0.15) is 12.4 Å². The van der Waals surface area contributed by atoms with Gasteiger partial charge in [0.05, 0.1) is 23.9 Å². The molecule has 1 aromatic carbocycles. The van der Waals surface area contributed by atoms with E-state index in [1.807, 2.05) is 31.3 Å². The van der Waals surface area contributed by atoms with Crippen molar-refractivity contribution in [1.82, 2.24) is 14.7 Å². The van der Waals surface area contributed by atoms with Crippen molar-refractivity contribution in [2.45, 2.75) is 58.2 Å². The lowest BCUT2D eigenvalue weighted by atomic mass is 9.87. The molecule has 32 heavy (non-hydrogen) atoms. The maximum Gasteiger partial charge on any atom is 0.409 e. The van der Waals surface area contributed by atoms with Crippen LogP contribution in [0.4, 0.5) is 4.79 Å². The van der Waals surface area contributed by atoms with E-state index in [0.717, 1.165) is 54.7 Å². The number of carboxylic acids is 1. The van der Waals surface area contributed by atoms with Gasteiger partial charge in [-0.15, -0.1) is 0 Å². The van der Waals surface area contributed by atoms with Crippen molar-refractivity contribution in [1.29, 1.82) is 0 Å². The predicted molar refractivity (Wildman–Crippen MR) is 120 cm³/mol. The average Bonchev–Trinajstić information content (AvgIpc) is 3.16. The molecule has 1 saturated carbocycles. The molecule has 0 saturated heterocycles. The molecule has 1 amide bonds. The van der Waals surface area contributed by atoms with E-state index >= 15 is 0 Å². The summed E-state index contributed by atoms with van der Waals surface area (Å²) in [4.78, 5) is 25.1. The molecule has 3 rings (SSSR count). The number of carbonyl (C=O) groups is 2. The van der Waals surface area contributed by atoms with Gasteiger partial charge >= 0.3 is 12.1 Å². The second kappa shape index (κ2) is 11.0. The van der Waals surface area contributed by atoms with Crippen LogP contribution in [-0.2, 0) is 23.2 Å². The zero-order valence-electron chi connectivity index (χ0n) is 19.1. The lowest BCUT2D eigenvalue weighted by Crippen LogP contribution is -2.29. The van der Waals surface area contributed by atoms with E-state index in [2.05, 4.69) is 12.0 Å². The number of aliphatic carboxylic acids is 1. The number of nitrogens with zero attached hydrogens (tertiary/aromatic N) is 3. The number of benzene rings is 1. The van der Waals surface area contributed by atoms with Crippen LogP contribution < -0.4 is 4.74 Å². The maximum absolute atomic E-state index is 12.2. The summed E-state index contributed by atoms with van der Waals surface area (Å²) in [6.07, 6.45) is 6.30. The summed E-state index contributed by atoms with van der Waals surface area (Å²) in [5, 5.41) is 13.6. The first-order valence-corrected chi connectivity index (χ1v) is 11.3. The smallest absolute Gasteiger partial charge is 0.409 e. The molecule has 0 spiro atoms. The minimum Gasteiger partial charge on any atom is -0.490 e. The second-order valence-corrected chi connectivity index (χ2v) is 8.42. The Morgan fingerprint density at radius 1 is 1.25 bits per heavy atom. The second-order valence-electron chi connectivity index (χ2n) is 8.42. The van der Waals surface area contributed by atoms with Crippen LogP contribution in [0.25, 0.3) is 11.1 Å². The number of hydrogen-bond acceptors (Lipinski definition) is 5. The van der Waals surface area contributed by atoms with Gasteiger partial charge in [-0.25, -0.2) is 4.79 Å². The summed E-state index contributed by atoms with van der Waals surface area (Å²) < 4.78 is 13.3. The molecule has 0 bridgehead atoms. The highest BCUT2D eigenvalue weighted by Crippen LogP contribution is 2.30. The molecule has 0 radical (unpaired) electrons. The number of aryl methyl sites for hydroxylation is 1. The molecular formula is C24H33N3O5. The third-order valence-corrected chi connectivity index (χ3v) is 6.00. The van der Waals surface area contributed by atoms with Gasteiger partial charge in [0.2, 0.25) is 0 Å². The molecule has 2 atom stereocenters. The van der Waals surface area contributed by atoms with Gasteiger partial charge in [-0.05, 0) is 49.8 Å². The molecule has 1 aromatic heterocycles. The minimum atomic E-state index is -0.741. The SMILES string of the molecule is CCCCN(C)C(=O)OCc1c(-c2ccc(O[C@H]3CCC[C@H](C(=O)O)C3)cc2)cnn1C. The van der Waals surface area contributed by atoms with E-state index in [9.17, 15) is 14.7 Å². The van der Waals surface area contributed by atoms with Crippen LogP contribution >= 0.6 is 0 Å². The van der Waals surface area contributed by atoms with Gasteiger partial charge in [-0.1, -0.05) is 25.5 Å². The van der Waals surface area contributed by atoms with Crippen molar-refractivity contribution < 1.29 is 24.2 Å². The van der Waals surface area contributed by atoms with Crippen LogP contribution in [0.1, 0.15) is 51.1 Å². The van der Waals surface area contributed by atoms with E-state index in [4.69, 9.17) is 9.47 Å². The molecule has 1 heterocycles. The van der Waals surface area contributed by atoms with Crippen LogP contribution in [0.5, 0.6) is 5.75 Å². The molecular weight excluding hydrogens is 410 g/mol. The van der Waals surface area contributed by atoms with Crippen molar-refractivity contribution in [3.05, 3.63) is 36.2 Å². The van der Waals surface area contributed by atoms with Gasteiger partial charge in [0.15, 0.2) is 0 Å². The first kappa shape index (κ1) is 23.6. The van der Waals surface area contributed by atoms with Crippen LogP contribution in [0.2, 0.25) is 0 Å². The lowest BCUT2D eigenvalue weighted by Gasteiger charge is -2.27. The van der Waals surface area contributed by atoms with Gasteiger partial charge in [-0.2, -0.15) is 5.10 Å². The van der Waals surface area contributed by atoms with Crippen LogP contribution in [0.15, 0.2) is 30.5 Å². The molecule has 2 aromatic rings. The molecule has 174 valence electrons. The van der Waals surface area contributed by atoms with E-state index in [-0.39, 0.29) is 24.7 Å². The van der Waals surface area contributed by atoms with Gasteiger partial charge < -0.3 is 19.5 Å². The quantitative estimate of drug-likeness (QED) is 0.614. The lowest BCUT2D eigenvalue weighted by molar-refractivity contribution is -0.143. The highest BCUT2D eigenvalue weighted by atomic mass is 16.6. The zero-order valence-corrected chi connectivity index (χ0v) is 19.1. The summed E-state index contributed by atoms with van der Waals surface area (Å²) in [6, 6.07) is 7.67. The van der Waals surface area contributed by atoms with E-state index in [0.29, 0.717) is 13.0 Å².